The van der Waals surface area contributed by atoms with Gasteiger partial charge in [-0.05, 0) is 45.8 Å². The lowest BCUT2D eigenvalue weighted by Gasteiger charge is -2.53. The third-order valence-electron chi connectivity index (χ3n) is 5.30. The van der Waals surface area contributed by atoms with Crippen LogP contribution < -0.4 is 10.2 Å². The monoisotopic (exact) mass is 305 g/mol. The van der Waals surface area contributed by atoms with Crippen LogP contribution in [0.25, 0.3) is 0 Å². The molecule has 3 heterocycles. The number of likely N-dealkylation sites (tertiary alicyclic amines) is 1. The first kappa shape index (κ1) is 15.5. The first-order chi connectivity index (χ1) is 10.7. The third kappa shape index (κ3) is 2.77. The topological polar surface area (TPSA) is 64.5 Å². The van der Waals surface area contributed by atoms with Crippen molar-refractivity contribution in [1.29, 1.82) is 0 Å². The summed E-state index contributed by atoms with van der Waals surface area (Å²) in [7, 11) is 2.17. The van der Waals surface area contributed by atoms with Crippen LogP contribution in [0.3, 0.4) is 0 Å². The highest BCUT2D eigenvalue weighted by atomic mass is 16.3. The molecular formula is C16H27N5O. The Kier molecular flexibility index (Phi) is 4.49. The van der Waals surface area contributed by atoms with E-state index in [2.05, 4.69) is 39.1 Å². The zero-order chi connectivity index (χ0) is 15.6. The van der Waals surface area contributed by atoms with Gasteiger partial charge in [-0.25, -0.2) is 4.98 Å². The molecule has 1 aromatic rings. The Bertz CT molecular complexity index is 511. The van der Waals surface area contributed by atoms with E-state index in [0.717, 1.165) is 50.8 Å². The minimum Gasteiger partial charge on any atom is -0.396 e. The minimum absolute atomic E-state index is 0.0583. The van der Waals surface area contributed by atoms with Crippen LogP contribution in [0.2, 0.25) is 0 Å². The minimum atomic E-state index is 0.0583. The average Bonchev–Trinajstić information content (AvgIpc) is 2.55. The fourth-order valence-electron chi connectivity index (χ4n) is 3.98. The largest absolute Gasteiger partial charge is 0.396 e. The number of anilines is 2. The lowest BCUT2D eigenvalue weighted by molar-refractivity contribution is -0.0278. The quantitative estimate of drug-likeness (QED) is 0.871. The van der Waals surface area contributed by atoms with E-state index in [0.29, 0.717) is 6.04 Å². The Morgan fingerprint density at radius 2 is 2.27 bits per heavy atom. The lowest BCUT2D eigenvalue weighted by Crippen LogP contribution is -2.61. The number of aliphatic hydroxyl groups excluding tert-OH is 1. The number of fused-ring (bicyclic) bond motifs is 1. The number of nitrogens with zero attached hydrogens (tertiary/aromatic N) is 4. The van der Waals surface area contributed by atoms with E-state index >= 15 is 0 Å². The molecule has 6 nitrogen and oxygen atoms in total. The number of nitrogens with one attached hydrogen (secondary N) is 1. The summed E-state index contributed by atoms with van der Waals surface area (Å²) in [4.78, 5) is 13.7. The van der Waals surface area contributed by atoms with Crippen LogP contribution in [0.5, 0.6) is 0 Å². The van der Waals surface area contributed by atoms with Gasteiger partial charge in [-0.3, -0.25) is 0 Å². The molecule has 0 bridgehead atoms. The summed E-state index contributed by atoms with van der Waals surface area (Å²) in [5.41, 5.74) is 0.0583. The summed E-state index contributed by atoms with van der Waals surface area (Å²) in [6, 6.07) is 2.29. The van der Waals surface area contributed by atoms with Crippen molar-refractivity contribution in [2.45, 2.75) is 32.2 Å². The smallest absolute Gasteiger partial charge is 0.227 e. The molecule has 2 aliphatic heterocycles. The van der Waals surface area contributed by atoms with E-state index in [4.69, 9.17) is 0 Å². The van der Waals surface area contributed by atoms with Gasteiger partial charge < -0.3 is 20.2 Å². The molecule has 0 amide bonds. The highest BCUT2D eigenvalue weighted by Crippen LogP contribution is 2.42. The van der Waals surface area contributed by atoms with Gasteiger partial charge in [0.25, 0.3) is 0 Å². The van der Waals surface area contributed by atoms with Gasteiger partial charge in [-0.15, -0.1) is 0 Å². The number of likely N-dealkylation sites (N-methyl/N-ethyl adjacent to an activating group) is 1. The van der Waals surface area contributed by atoms with Gasteiger partial charge >= 0.3 is 0 Å². The van der Waals surface area contributed by atoms with Gasteiger partial charge in [0, 0.05) is 37.3 Å². The first-order valence-electron chi connectivity index (χ1n) is 8.31. The second kappa shape index (κ2) is 6.38. The van der Waals surface area contributed by atoms with E-state index < -0.39 is 0 Å². The maximum atomic E-state index is 9.98. The second-order valence-corrected chi connectivity index (χ2v) is 6.59. The van der Waals surface area contributed by atoms with Crippen LogP contribution >= 0.6 is 0 Å². The van der Waals surface area contributed by atoms with Crippen LogP contribution in [-0.2, 0) is 0 Å². The van der Waals surface area contributed by atoms with Crippen molar-refractivity contribution >= 4 is 11.8 Å². The van der Waals surface area contributed by atoms with Crippen molar-refractivity contribution in [1.82, 2.24) is 14.9 Å². The zero-order valence-electron chi connectivity index (χ0n) is 13.6. The van der Waals surface area contributed by atoms with Crippen LogP contribution in [0.4, 0.5) is 11.8 Å². The molecule has 0 aromatic carbocycles. The van der Waals surface area contributed by atoms with Gasteiger partial charge in [0.2, 0.25) is 5.95 Å². The Hall–Kier alpha value is -1.40. The Labute approximate surface area is 132 Å². The molecule has 0 aliphatic carbocycles. The van der Waals surface area contributed by atoms with E-state index in [9.17, 15) is 5.11 Å². The SMILES string of the molecule is CCNc1ccnc(N2CC[C@@]3(CO)CCCN(C)[C@@H]3C2)n1. The maximum Gasteiger partial charge on any atom is 0.227 e. The van der Waals surface area contributed by atoms with E-state index in [-0.39, 0.29) is 12.0 Å². The van der Waals surface area contributed by atoms with Gasteiger partial charge in [0.15, 0.2) is 0 Å². The summed E-state index contributed by atoms with van der Waals surface area (Å²) >= 11 is 0. The van der Waals surface area contributed by atoms with Gasteiger partial charge in [0.1, 0.15) is 5.82 Å². The van der Waals surface area contributed by atoms with E-state index in [1.807, 2.05) is 12.3 Å². The summed E-state index contributed by atoms with van der Waals surface area (Å²) in [6.45, 7) is 6.13. The van der Waals surface area contributed by atoms with E-state index in [1.165, 1.54) is 6.42 Å². The molecule has 0 unspecified atom stereocenters. The van der Waals surface area contributed by atoms with E-state index in [1.54, 1.807) is 0 Å². The second-order valence-electron chi connectivity index (χ2n) is 6.59. The summed E-state index contributed by atoms with van der Waals surface area (Å²) in [5.74, 6) is 1.67. The lowest BCUT2D eigenvalue weighted by atomic mass is 9.69. The number of aliphatic hydroxyl groups is 1. The van der Waals surface area contributed by atoms with Crippen LogP contribution in [0.1, 0.15) is 26.2 Å². The fraction of sp³-hybridized carbons (Fsp3) is 0.750. The van der Waals surface area contributed by atoms with Gasteiger partial charge in [-0.1, -0.05) is 0 Å². The molecule has 0 spiro atoms. The summed E-state index contributed by atoms with van der Waals surface area (Å²) < 4.78 is 0. The van der Waals surface area contributed by atoms with Crippen LogP contribution in [0.15, 0.2) is 12.3 Å². The van der Waals surface area contributed by atoms with Crippen molar-refractivity contribution in [3.8, 4) is 0 Å². The first-order valence-corrected chi connectivity index (χ1v) is 8.31. The van der Waals surface area contributed by atoms with Gasteiger partial charge in [0.05, 0.1) is 6.61 Å². The molecule has 2 fully saturated rings. The third-order valence-corrected chi connectivity index (χ3v) is 5.30. The molecule has 0 radical (unpaired) electrons. The number of rotatable bonds is 4. The van der Waals surface area contributed by atoms with Crippen molar-refractivity contribution in [3.63, 3.8) is 0 Å². The van der Waals surface area contributed by atoms with Crippen LogP contribution in [-0.4, -0.2) is 65.8 Å². The molecule has 2 saturated heterocycles. The normalized spacial score (nSPS) is 29.2. The van der Waals surface area contributed by atoms with Crippen molar-refractivity contribution < 1.29 is 5.11 Å². The fourth-order valence-corrected chi connectivity index (χ4v) is 3.98. The number of aromatic nitrogens is 2. The standard InChI is InChI=1S/C16H27N5O/c1-3-17-14-5-8-18-15(19-14)21-10-7-16(12-22)6-4-9-20(2)13(16)11-21/h5,8,13,22H,3-4,6-7,9-12H2,1-2H3,(H,17,18,19)/t13-,16-/m1/s1. The summed E-state index contributed by atoms with van der Waals surface area (Å²) in [5, 5.41) is 13.2. The molecule has 0 saturated carbocycles. The van der Waals surface area contributed by atoms with Crippen molar-refractivity contribution in [3.05, 3.63) is 12.3 Å². The molecule has 2 atom stereocenters. The molecule has 2 aliphatic rings. The molecule has 3 rings (SSSR count). The average molecular weight is 305 g/mol. The maximum absolute atomic E-state index is 9.98. The number of piperidine rings is 2. The Morgan fingerprint density at radius 1 is 1.41 bits per heavy atom. The Balaban J connectivity index is 1.79. The molecule has 22 heavy (non-hydrogen) atoms. The van der Waals surface area contributed by atoms with Crippen molar-refractivity contribution in [2.75, 3.05) is 50.1 Å². The highest BCUT2D eigenvalue weighted by Gasteiger charge is 2.46. The molecule has 6 heteroatoms. The highest BCUT2D eigenvalue weighted by molar-refractivity contribution is 5.42. The van der Waals surface area contributed by atoms with Crippen LogP contribution in [0, 0.1) is 5.41 Å². The molecular weight excluding hydrogens is 278 g/mol. The molecule has 2 N–H and O–H groups in total. The predicted molar refractivity (Wildman–Crippen MR) is 88.2 cm³/mol. The Morgan fingerprint density at radius 3 is 3.05 bits per heavy atom. The van der Waals surface area contributed by atoms with Gasteiger partial charge in [-0.2, -0.15) is 4.98 Å². The zero-order valence-corrected chi connectivity index (χ0v) is 13.6. The molecule has 1 aromatic heterocycles. The molecule has 122 valence electrons. The summed E-state index contributed by atoms with van der Waals surface area (Å²) in [6.07, 6.45) is 5.14. The van der Waals surface area contributed by atoms with Crippen molar-refractivity contribution in [2.24, 2.45) is 5.41 Å². The number of hydrogen-bond donors (Lipinski definition) is 2. The number of hydrogen-bond acceptors (Lipinski definition) is 6. The predicted octanol–water partition coefficient (Wildman–Crippen LogP) is 1.19.